The summed E-state index contributed by atoms with van der Waals surface area (Å²) in [6.45, 7) is 0. The standard InChI is InChI=1S/C11H13FN2O4S/c12-7-5-9(11(15)16)10(13-6-7)14-8-1-3-19(17,18)4-2-8/h5-6,8H,1-4H2,(H,13,14)(H,15,16). The predicted octanol–water partition coefficient (Wildman–Crippen LogP) is 0.908. The molecule has 1 aliphatic heterocycles. The second-order valence-electron chi connectivity index (χ2n) is 4.43. The van der Waals surface area contributed by atoms with Gasteiger partial charge in [0.05, 0.1) is 17.7 Å². The lowest BCUT2D eigenvalue weighted by atomic mass is 10.1. The van der Waals surface area contributed by atoms with Crippen LogP contribution in [0.25, 0.3) is 0 Å². The number of hydrogen-bond acceptors (Lipinski definition) is 5. The maximum Gasteiger partial charge on any atom is 0.339 e. The average Bonchev–Trinajstić information content (AvgIpc) is 2.33. The molecule has 2 heterocycles. The van der Waals surface area contributed by atoms with Crippen molar-refractivity contribution in [1.29, 1.82) is 0 Å². The van der Waals surface area contributed by atoms with Gasteiger partial charge in [0.15, 0.2) is 0 Å². The zero-order valence-electron chi connectivity index (χ0n) is 9.97. The van der Waals surface area contributed by atoms with Gasteiger partial charge in [-0.15, -0.1) is 0 Å². The minimum atomic E-state index is -2.98. The molecule has 6 nitrogen and oxygen atoms in total. The molecule has 2 N–H and O–H groups in total. The molecule has 1 aromatic heterocycles. The number of hydrogen-bond donors (Lipinski definition) is 2. The Morgan fingerprint density at radius 2 is 2.05 bits per heavy atom. The molecule has 0 saturated carbocycles. The Hall–Kier alpha value is -1.70. The number of aromatic carboxylic acids is 1. The zero-order chi connectivity index (χ0) is 14.0. The first kappa shape index (κ1) is 13.7. The third-order valence-corrected chi connectivity index (χ3v) is 4.70. The first-order valence-electron chi connectivity index (χ1n) is 5.73. The van der Waals surface area contributed by atoms with Crippen LogP contribution < -0.4 is 5.32 Å². The number of sulfone groups is 1. The van der Waals surface area contributed by atoms with Crippen LogP contribution in [0.5, 0.6) is 0 Å². The van der Waals surface area contributed by atoms with Gasteiger partial charge in [0, 0.05) is 6.04 Å². The molecule has 1 fully saturated rings. The van der Waals surface area contributed by atoms with Crippen molar-refractivity contribution in [1.82, 2.24) is 4.98 Å². The largest absolute Gasteiger partial charge is 0.478 e. The summed E-state index contributed by atoms with van der Waals surface area (Å²) in [5, 5.41) is 11.8. The summed E-state index contributed by atoms with van der Waals surface area (Å²) in [5.74, 6) is -1.81. The second-order valence-corrected chi connectivity index (χ2v) is 6.73. The van der Waals surface area contributed by atoms with Gasteiger partial charge in [0.1, 0.15) is 27.0 Å². The van der Waals surface area contributed by atoms with E-state index in [-0.39, 0.29) is 28.9 Å². The molecule has 0 unspecified atom stereocenters. The Balaban J connectivity index is 2.14. The summed E-state index contributed by atoms with van der Waals surface area (Å²) in [5.41, 5.74) is -0.256. The van der Waals surface area contributed by atoms with Gasteiger partial charge in [-0.3, -0.25) is 0 Å². The van der Waals surface area contributed by atoms with Crippen LogP contribution >= 0.6 is 0 Å². The van der Waals surface area contributed by atoms with E-state index in [4.69, 9.17) is 5.11 Å². The molecular weight excluding hydrogens is 275 g/mol. The van der Waals surface area contributed by atoms with E-state index in [0.717, 1.165) is 12.3 Å². The number of carbonyl (C=O) groups is 1. The van der Waals surface area contributed by atoms with E-state index in [9.17, 15) is 17.6 Å². The van der Waals surface area contributed by atoms with Crippen molar-refractivity contribution >= 4 is 21.6 Å². The summed E-state index contributed by atoms with van der Waals surface area (Å²) in [7, 11) is -2.98. The van der Waals surface area contributed by atoms with Crippen LogP contribution in [-0.2, 0) is 9.84 Å². The molecule has 0 spiro atoms. The molecule has 1 aliphatic rings. The Labute approximate surface area is 109 Å². The molecule has 19 heavy (non-hydrogen) atoms. The number of nitrogens with one attached hydrogen (secondary N) is 1. The smallest absolute Gasteiger partial charge is 0.339 e. The van der Waals surface area contributed by atoms with Gasteiger partial charge in [-0.2, -0.15) is 0 Å². The van der Waals surface area contributed by atoms with Crippen molar-refractivity contribution in [2.75, 3.05) is 16.8 Å². The fourth-order valence-electron chi connectivity index (χ4n) is 1.95. The normalized spacial score (nSPS) is 19.0. The topological polar surface area (TPSA) is 96.4 Å². The molecule has 0 bridgehead atoms. The SMILES string of the molecule is O=C(O)c1cc(F)cnc1NC1CCS(=O)(=O)CC1. The number of anilines is 1. The van der Waals surface area contributed by atoms with Crippen molar-refractivity contribution < 1.29 is 22.7 Å². The second kappa shape index (κ2) is 5.12. The van der Waals surface area contributed by atoms with Crippen molar-refractivity contribution in [3.05, 3.63) is 23.6 Å². The number of nitrogens with zero attached hydrogens (tertiary/aromatic N) is 1. The van der Waals surface area contributed by atoms with Crippen molar-refractivity contribution in [2.24, 2.45) is 0 Å². The monoisotopic (exact) mass is 288 g/mol. The van der Waals surface area contributed by atoms with Crippen LogP contribution in [0.3, 0.4) is 0 Å². The highest BCUT2D eigenvalue weighted by Crippen LogP contribution is 2.20. The zero-order valence-corrected chi connectivity index (χ0v) is 10.8. The Kier molecular flexibility index (Phi) is 3.70. The third-order valence-electron chi connectivity index (χ3n) is 2.98. The quantitative estimate of drug-likeness (QED) is 0.858. The van der Waals surface area contributed by atoms with E-state index < -0.39 is 21.6 Å². The number of pyridine rings is 1. The van der Waals surface area contributed by atoms with Gasteiger partial charge in [-0.1, -0.05) is 0 Å². The minimum Gasteiger partial charge on any atom is -0.478 e. The molecule has 0 amide bonds. The highest BCUT2D eigenvalue weighted by atomic mass is 32.2. The van der Waals surface area contributed by atoms with Gasteiger partial charge < -0.3 is 10.4 Å². The van der Waals surface area contributed by atoms with Crippen LogP contribution in [0.4, 0.5) is 10.2 Å². The van der Waals surface area contributed by atoms with Gasteiger partial charge in [0.25, 0.3) is 0 Å². The molecular formula is C11H13FN2O4S. The fraction of sp³-hybridized carbons (Fsp3) is 0.455. The summed E-state index contributed by atoms with van der Waals surface area (Å²) in [6.07, 6.45) is 1.70. The van der Waals surface area contributed by atoms with Gasteiger partial charge >= 0.3 is 5.97 Å². The predicted molar refractivity (Wildman–Crippen MR) is 66.5 cm³/mol. The van der Waals surface area contributed by atoms with Crippen molar-refractivity contribution in [3.63, 3.8) is 0 Å². The number of rotatable bonds is 3. The van der Waals surface area contributed by atoms with E-state index >= 15 is 0 Å². The van der Waals surface area contributed by atoms with Crippen LogP contribution in [0.2, 0.25) is 0 Å². The van der Waals surface area contributed by atoms with Gasteiger partial charge in [0.2, 0.25) is 0 Å². The minimum absolute atomic E-state index is 0.0638. The van der Waals surface area contributed by atoms with E-state index in [1.165, 1.54) is 0 Å². The Bertz CT molecular complexity index is 589. The summed E-state index contributed by atoms with van der Waals surface area (Å²) in [4.78, 5) is 14.7. The number of carboxylic acid groups (broad SMARTS) is 1. The van der Waals surface area contributed by atoms with Gasteiger partial charge in [-0.05, 0) is 18.9 Å². The molecule has 2 rings (SSSR count). The first-order chi connectivity index (χ1) is 8.87. The Morgan fingerprint density at radius 3 is 2.63 bits per heavy atom. The lowest BCUT2D eigenvalue weighted by Crippen LogP contribution is -2.32. The maximum atomic E-state index is 13.0. The first-order valence-corrected chi connectivity index (χ1v) is 7.55. The molecule has 0 atom stereocenters. The van der Waals surface area contributed by atoms with Gasteiger partial charge in [-0.25, -0.2) is 22.6 Å². The highest BCUT2D eigenvalue weighted by molar-refractivity contribution is 7.91. The maximum absolute atomic E-state index is 13.0. The number of aromatic nitrogens is 1. The average molecular weight is 288 g/mol. The number of carboxylic acids is 1. The van der Waals surface area contributed by atoms with Crippen molar-refractivity contribution in [2.45, 2.75) is 18.9 Å². The summed E-state index contributed by atoms with van der Waals surface area (Å²) >= 11 is 0. The Morgan fingerprint density at radius 1 is 1.42 bits per heavy atom. The molecule has 104 valence electrons. The molecule has 1 aromatic rings. The lowest BCUT2D eigenvalue weighted by Gasteiger charge is -2.24. The molecule has 1 saturated heterocycles. The van der Waals surface area contributed by atoms with Crippen LogP contribution in [0, 0.1) is 5.82 Å². The van der Waals surface area contributed by atoms with E-state index in [1.54, 1.807) is 0 Å². The summed E-state index contributed by atoms with van der Waals surface area (Å²) < 4.78 is 35.5. The van der Waals surface area contributed by atoms with E-state index in [0.29, 0.717) is 12.8 Å². The number of halogens is 1. The molecule has 0 aliphatic carbocycles. The van der Waals surface area contributed by atoms with Crippen molar-refractivity contribution in [3.8, 4) is 0 Å². The third kappa shape index (κ3) is 3.40. The van der Waals surface area contributed by atoms with E-state index in [2.05, 4.69) is 10.3 Å². The summed E-state index contributed by atoms with van der Waals surface area (Å²) in [6, 6.07) is 0.719. The molecule has 8 heteroatoms. The van der Waals surface area contributed by atoms with Crippen LogP contribution in [0.15, 0.2) is 12.3 Å². The van der Waals surface area contributed by atoms with Crippen LogP contribution in [-0.4, -0.2) is 42.0 Å². The molecule has 0 aromatic carbocycles. The van der Waals surface area contributed by atoms with Crippen LogP contribution in [0.1, 0.15) is 23.2 Å². The highest BCUT2D eigenvalue weighted by Gasteiger charge is 2.25. The van der Waals surface area contributed by atoms with E-state index in [1.807, 2.05) is 0 Å². The fourth-order valence-corrected chi connectivity index (χ4v) is 3.44. The molecule has 0 radical (unpaired) electrons. The lowest BCUT2D eigenvalue weighted by molar-refractivity contribution is 0.0697.